The smallest absolute Gasteiger partial charge is 0.220 e. The first-order valence-corrected chi connectivity index (χ1v) is 26.7. The van der Waals surface area contributed by atoms with Crippen LogP contribution < -0.4 is 5.32 Å². The van der Waals surface area contributed by atoms with Gasteiger partial charge in [-0.2, -0.15) is 0 Å². The molecule has 0 heterocycles. The Morgan fingerprint density at radius 2 is 0.661 bits per heavy atom. The van der Waals surface area contributed by atoms with Crippen molar-refractivity contribution >= 4 is 5.91 Å². The van der Waals surface area contributed by atoms with Crippen molar-refractivity contribution in [1.82, 2.24) is 5.32 Å². The van der Waals surface area contributed by atoms with Gasteiger partial charge in [-0.1, -0.05) is 275 Å². The van der Waals surface area contributed by atoms with Crippen LogP contribution in [0.2, 0.25) is 0 Å². The number of hydrogen-bond donors (Lipinski definition) is 3. The molecule has 4 heteroatoms. The molecular weight excluding hydrogens is 723 g/mol. The number of nitrogens with one attached hydrogen (secondary N) is 1. The maximum atomic E-state index is 12.4. The summed E-state index contributed by atoms with van der Waals surface area (Å²) in [5, 5.41) is 23.1. The van der Waals surface area contributed by atoms with Crippen LogP contribution in [0.5, 0.6) is 0 Å². The third kappa shape index (κ3) is 47.5. The zero-order chi connectivity index (χ0) is 42.8. The summed E-state index contributed by atoms with van der Waals surface area (Å²) < 4.78 is 0. The van der Waals surface area contributed by atoms with Crippen molar-refractivity contribution in [3.8, 4) is 0 Å². The summed E-state index contributed by atoms with van der Waals surface area (Å²) in [5.74, 6) is -0.0729. The van der Waals surface area contributed by atoms with E-state index in [1.807, 2.05) is 6.08 Å². The molecule has 0 spiro atoms. The number of aliphatic hydroxyl groups excluding tert-OH is 2. The average Bonchev–Trinajstić information content (AvgIpc) is 3.24. The highest BCUT2D eigenvalue weighted by Gasteiger charge is 2.17. The van der Waals surface area contributed by atoms with Gasteiger partial charge in [0.05, 0.1) is 18.8 Å². The number of carbonyl (C=O) groups excluding carboxylic acids is 1. The lowest BCUT2D eigenvalue weighted by Gasteiger charge is -2.19. The van der Waals surface area contributed by atoms with E-state index in [4.69, 9.17) is 0 Å². The van der Waals surface area contributed by atoms with Crippen LogP contribution in [0.3, 0.4) is 0 Å². The van der Waals surface area contributed by atoms with Gasteiger partial charge in [-0.3, -0.25) is 4.79 Å². The molecule has 348 valence electrons. The van der Waals surface area contributed by atoms with Crippen LogP contribution >= 0.6 is 0 Å². The Bertz CT molecular complexity index is 897. The maximum Gasteiger partial charge on any atom is 0.220 e. The summed E-state index contributed by atoms with van der Waals surface area (Å²) in [6, 6.07) is -0.643. The molecule has 0 aromatic heterocycles. The molecule has 2 unspecified atom stereocenters. The normalized spacial score (nSPS) is 13.1. The van der Waals surface area contributed by atoms with Crippen LogP contribution in [0.1, 0.15) is 290 Å². The zero-order valence-electron chi connectivity index (χ0n) is 40.0. The molecule has 0 radical (unpaired) electrons. The maximum absolute atomic E-state index is 12.4. The minimum Gasteiger partial charge on any atom is -0.394 e. The van der Waals surface area contributed by atoms with Gasteiger partial charge in [-0.05, 0) is 44.9 Å². The van der Waals surface area contributed by atoms with Crippen molar-refractivity contribution in [3.63, 3.8) is 0 Å². The minimum absolute atomic E-state index is 0.0729. The summed E-state index contributed by atoms with van der Waals surface area (Å²) in [6.45, 7) is 4.31. The first-order chi connectivity index (χ1) is 29.2. The molecule has 0 bridgehead atoms. The molecule has 0 rings (SSSR count). The Balaban J connectivity index is 3.49. The predicted octanol–water partition coefficient (Wildman–Crippen LogP) is 17.3. The standard InChI is InChI=1S/C55H105NO3/c1-3-5-7-9-11-13-15-17-19-21-23-24-25-26-27-28-29-30-31-32-33-35-37-39-41-43-45-47-49-51-55(59)56-53(52-57)54(58)50-48-46-44-42-40-38-36-34-22-20-18-16-14-12-10-8-6-4-2/h22,34,40,42,48,50,53-54,57-58H,3-21,23-33,35-39,41,43-47,49,51-52H2,1-2H3,(H,56,59)/b34-22+,42-40+,50-48+. The Morgan fingerprint density at radius 3 is 0.983 bits per heavy atom. The second-order valence-electron chi connectivity index (χ2n) is 18.3. The van der Waals surface area contributed by atoms with Gasteiger partial charge < -0.3 is 15.5 Å². The number of rotatable bonds is 49. The first-order valence-electron chi connectivity index (χ1n) is 26.7. The van der Waals surface area contributed by atoms with Gasteiger partial charge in [0.2, 0.25) is 5.91 Å². The molecule has 0 aliphatic heterocycles. The predicted molar refractivity (Wildman–Crippen MR) is 262 cm³/mol. The van der Waals surface area contributed by atoms with Crippen LogP contribution in [0.25, 0.3) is 0 Å². The minimum atomic E-state index is -0.868. The molecule has 0 aromatic rings. The molecule has 0 aromatic carbocycles. The number of carbonyl (C=O) groups is 1. The topological polar surface area (TPSA) is 69.6 Å². The number of hydrogen-bond acceptors (Lipinski definition) is 3. The van der Waals surface area contributed by atoms with Gasteiger partial charge in [0.15, 0.2) is 0 Å². The van der Waals surface area contributed by atoms with Gasteiger partial charge in [0.25, 0.3) is 0 Å². The van der Waals surface area contributed by atoms with Crippen LogP contribution in [0.15, 0.2) is 36.5 Å². The molecule has 0 fully saturated rings. The van der Waals surface area contributed by atoms with E-state index in [9.17, 15) is 15.0 Å². The van der Waals surface area contributed by atoms with Crippen LogP contribution in [0, 0.1) is 0 Å². The average molecular weight is 828 g/mol. The Kier molecular flexibility index (Phi) is 49.8. The molecule has 59 heavy (non-hydrogen) atoms. The van der Waals surface area contributed by atoms with Gasteiger partial charge in [-0.25, -0.2) is 0 Å². The summed E-state index contributed by atoms with van der Waals surface area (Å²) in [4.78, 5) is 12.4. The highest BCUT2D eigenvalue weighted by Crippen LogP contribution is 2.17. The lowest BCUT2D eigenvalue weighted by Crippen LogP contribution is -2.45. The van der Waals surface area contributed by atoms with Gasteiger partial charge in [-0.15, -0.1) is 0 Å². The van der Waals surface area contributed by atoms with Crippen molar-refractivity contribution in [2.75, 3.05) is 6.61 Å². The first kappa shape index (κ1) is 57.6. The Hall–Kier alpha value is -1.39. The Labute approximate surface area is 370 Å². The number of unbranched alkanes of at least 4 members (excludes halogenated alkanes) is 38. The quantitative estimate of drug-likeness (QED) is 0.0423. The van der Waals surface area contributed by atoms with E-state index >= 15 is 0 Å². The molecule has 0 saturated carbocycles. The summed E-state index contributed by atoms with van der Waals surface area (Å²) in [5.41, 5.74) is 0. The van der Waals surface area contributed by atoms with E-state index in [0.29, 0.717) is 6.42 Å². The van der Waals surface area contributed by atoms with Crippen molar-refractivity contribution in [1.29, 1.82) is 0 Å². The molecule has 0 saturated heterocycles. The SMILES string of the molecule is CCCCCCCCCC/C=C/CC/C=C/CC/C=C/C(O)C(CO)NC(=O)CCCCCCCCCCCCCCCCCCCCCCCCCCCCCCC. The van der Waals surface area contributed by atoms with E-state index in [-0.39, 0.29) is 12.5 Å². The number of amides is 1. The van der Waals surface area contributed by atoms with Crippen molar-refractivity contribution < 1.29 is 15.0 Å². The number of allylic oxidation sites excluding steroid dienone is 5. The van der Waals surface area contributed by atoms with Crippen molar-refractivity contribution in [2.45, 2.75) is 302 Å². The second kappa shape index (κ2) is 51.0. The summed E-state index contributed by atoms with van der Waals surface area (Å²) >= 11 is 0. The Morgan fingerprint density at radius 1 is 0.390 bits per heavy atom. The summed E-state index contributed by atoms with van der Waals surface area (Å²) in [7, 11) is 0. The van der Waals surface area contributed by atoms with E-state index in [0.717, 1.165) is 38.5 Å². The largest absolute Gasteiger partial charge is 0.394 e. The molecule has 4 nitrogen and oxygen atoms in total. The molecule has 0 aliphatic carbocycles. The lowest BCUT2D eigenvalue weighted by atomic mass is 10.0. The molecule has 2 atom stereocenters. The fourth-order valence-electron chi connectivity index (χ4n) is 8.27. The molecule has 3 N–H and O–H groups in total. The van der Waals surface area contributed by atoms with Crippen LogP contribution in [-0.4, -0.2) is 34.9 Å². The number of aliphatic hydroxyl groups is 2. The highest BCUT2D eigenvalue weighted by molar-refractivity contribution is 5.76. The molecule has 0 aliphatic rings. The summed E-state index contributed by atoms with van der Waals surface area (Å²) in [6.07, 6.45) is 68.7. The zero-order valence-corrected chi connectivity index (χ0v) is 40.0. The van der Waals surface area contributed by atoms with Crippen LogP contribution in [0.4, 0.5) is 0 Å². The van der Waals surface area contributed by atoms with E-state index in [1.54, 1.807) is 6.08 Å². The van der Waals surface area contributed by atoms with Crippen LogP contribution in [-0.2, 0) is 4.79 Å². The van der Waals surface area contributed by atoms with E-state index in [2.05, 4.69) is 43.5 Å². The van der Waals surface area contributed by atoms with Crippen molar-refractivity contribution in [3.05, 3.63) is 36.5 Å². The third-order valence-corrected chi connectivity index (χ3v) is 12.4. The fraction of sp³-hybridized carbons (Fsp3) is 0.873. The van der Waals surface area contributed by atoms with Crippen molar-refractivity contribution in [2.24, 2.45) is 0 Å². The molecule has 1 amide bonds. The third-order valence-electron chi connectivity index (χ3n) is 12.4. The molecular formula is C55H105NO3. The highest BCUT2D eigenvalue weighted by atomic mass is 16.3. The van der Waals surface area contributed by atoms with E-state index in [1.165, 1.54) is 231 Å². The van der Waals surface area contributed by atoms with Gasteiger partial charge in [0.1, 0.15) is 0 Å². The fourth-order valence-corrected chi connectivity index (χ4v) is 8.27. The lowest BCUT2D eigenvalue weighted by molar-refractivity contribution is -0.123. The second-order valence-corrected chi connectivity index (χ2v) is 18.3. The monoisotopic (exact) mass is 828 g/mol. The van der Waals surface area contributed by atoms with E-state index < -0.39 is 12.1 Å². The van der Waals surface area contributed by atoms with Gasteiger partial charge >= 0.3 is 0 Å². The van der Waals surface area contributed by atoms with Gasteiger partial charge in [0, 0.05) is 6.42 Å².